The summed E-state index contributed by atoms with van der Waals surface area (Å²) in [5.41, 5.74) is 1.58. The van der Waals surface area contributed by atoms with Gasteiger partial charge in [0.25, 0.3) is 10.0 Å². The second-order valence-corrected chi connectivity index (χ2v) is 9.24. The topological polar surface area (TPSA) is 60.9 Å². The molecule has 0 aliphatic carbocycles. The summed E-state index contributed by atoms with van der Waals surface area (Å²) in [5.74, 6) is -0.0953. The Morgan fingerprint density at radius 1 is 0.929 bits per heavy atom. The second-order valence-electron chi connectivity index (χ2n) is 7.43. The summed E-state index contributed by atoms with van der Waals surface area (Å²) in [7, 11) is -1.81. The number of benzene rings is 2. The lowest BCUT2D eigenvalue weighted by atomic mass is 9.97. The van der Waals surface area contributed by atoms with Gasteiger partial charge in [-0.05, 0) is 43.7 Å². The van der Waals surface area contributed by atoms with Gasteiger partial charge in [-0.1, -0.05) is 36.4 Å². The normalized spacial score (nSPS) is 20.7. The summed E-state index contributed by atoms with van der Waals surface area (Å²) in [4.78, 5) is 17.6. The van der Waals surface area contributed by atoms with Crippen LogP contribution >= 0.6 is 0 Å². The highest BCUT2D eigenvalue weighted by Crippen LogP contribution is 2.36. The Hall–Kier alpha value is -2.38. The number of aryl methyl sites for hydroxylation is 1. The molecule has 0 radical (unpaired) electrons. The highest BCUT2D eigenvalue weighted by molar-refractivity contribution is 7.93. The first-order chi connectivity index (χ1) is 13.5. The third-order valence-corrected chi connectivity index (χ3v) is 7.44. The van der Waals surface area contributed by atoms with Crippen molar-refractivity contribution in [2.24, 2.45) is 0 Å². The van der Waals surface area contributed by atoms with E-state index in [-0.39, 0.29) is 10.8 Å². The SMILES string of the molecule is CN1CCN(C(=O)C2CCc3ccccc3N2S(=O)(=O)c2ccccc2)CC1. The van der Waals surface area contributed by atoms with E-state index < -0.39 is 16.1 Å². The molecule has 2 aromatic rings. The Bertz CT molecular complexity index is 954. The zero-order valence-electron chi connectivity index (χ0n) is 16.0. The molecule has 0 spiro atoms. The molecule has 1 fully saturated rings. The van der Waals surface area contributed by atoms with E-state index >= 15 is 0 Å². The first-order valence-corrected chi connectivity index (χ1v) is 11.1. The molecule has 6 nitrogen and oxygen atoms in total. The molecule has 4 rings (SSSR count). The molecule has 1 amide bonds. The lowest BCUT2D eigenvalue weighted by molar-refractivity contribution is -0.134. The van der Waals surface area contributed by atoms with Crippen molar-refractivity contribution < 1.29 is 13.2 Å². The van der Waals surface area contributed by atoms with Crippen molar-refractivity contribution in [2.75, 3.05) is 37.5 Å². The lowest BCUT2D eigenvalue weighted by Crippen LogP contribution is -2.56. The molecule has 0 bridgehead atoms. The van der Waals surface area contributed by atoms with Gasteiger partial charge in [-0.2, -0.15) is 0 Å². The van der Waals surface area contributed by atoms with Crippen molar-refractivity contribution in [1.82, 2.24) is 9.80 Å². The third-order valence-electron chi connectivity index (χ3n) is 5.60. The predicted molar refractivity (Wildman–Crippen MR) is 109 cm³/mol. The predicted octanol–water partition coefficient (Wildman–Crippen LogP) is 1.97. The number of piperazine rings is 1. The summed E-state index contributed by atoms with van der Waals surface area (Å²) in [5, 5.41) is 0. The average molecular weight is 400 g/mol. The average Bonchev–Trinajstić information content (AvgIpc) is 2.73. The van der Waals surface area contributed by atoms with Crippen molar-refractivity contribution in [2.45, 2.75) is 23.8 Å². The molecule has 1 saturated heterocycles. The number of anilines is 1. The summed E-state index contributed by atoms with van der Waals surface area (Å²) in [6, 6.07) is 15.2. The van der Waals surface area contributed by atoms with E-state index in [0.717, 1.165) is 18.7 Å². The van der Waals surface area contributed by atoms with Crippen molar-refractivity contribution >= 4 is 21.6 Å². The zero-order valence-corrected chi connectivity index (χ0v) is 16.8. The van der Waals surface area contributed by atoms with Gasteiger partial charge >= 0.3 is 0 Å². The van der Waals surface area contributed by atoms with E-state index in [0.29, 0.717) is 31.6 Å². The number of sulfonamides is 1. The van der Waals surface area contributed by atoms with Crippen LogP contribution in [0.15, 0.2) is 59.5 Å². The Morgan fingerprint density at radius 3 is 2.29 bits per heavy atom. The molecule has 0 aromatic heterocycles. The van der Waals surface area contributed by atoms with Gasteiger partial charge in [0.05, 0.1) is 10.6 Å². The van der Waals surface area contributed by atoms with E-state index in [1.807, 2.05) is 30.1 Å². The number of amides is 1. The highest BCUT2D eigenvalue weighted by atomic mass is 32.2. The van der Waals surface area contributed by atoms with Gasteiger partial charge in [-0.15, -0.1) is 0 Å². The molecule has 2 heterocycles. The summed E-state index contributed by atoms with van der Waals surface area (Å²) < 4.78 is 28.5. The van der Waals surface area contributed by atoms with E-state index in [1.54, 1.807) is 36.4 Å². The van der Waals surface area contributed by atoms with Gasteiger partial charge < -0.3 is 9.80 Å². The first-order valence-electron chi connectivity index (χ1n) is 9.63. The molecule has 2 aromatic carbocycles. The minimum Gasteiger partial charge on any atom is -0.338 e. The van der Waals surface area contributed by atoms with Gasteiger partial charge in [0, 0.05) is 26.2 Å². The molecular weight excluding hydrogens is 374 g/mol. The Morgan fingerprint density at radius 2 is 1.57 bits per heavy atom. The number of hydrogen-bond donors (Lipinski definition) is 0. The number of likely N-dealkylation sites (N-methyl/N-ethyl adjacent to an activating group) is 1. The van der Waals surface area contributed by atoms with E-state index in [1.165, 1.54) is 4.31 Å². The maximum Gasteiger partial charge on any atom is 0.265 e. The van der Waals surface area contributed by atoms with Crippen LogP contribution in [0.1, 0.15) is 12.0 Å². The van der Waals surface area contributed by atoms with E-state index in [2.05, 4.69) is 4.90 Å². The molecule has 0 saturated carbocycles. The van der Waals surface area contributed by atoms with Crippen LogP contribution in [-0.2, 0) is 21.2 Å². The number of carbonyl (C=O) groups is 1. The van der Waals surface area contributed by atoms with Crippen LogP contribution in [-0.4, -0.2) is 63.4 Å². The number of hydrogen-bond acceptors (Lipinski definition) is 4. The first kappa shape index (κ1) is 19.0. The van der Waals surface area contributed by atoms with Crippen LogP contribution in [0.4, 0.5) is 5.69 Å². The summed E-state index contributed by atoms with van der Waals surface area (Å²) in [6.07, 6.45) is 1.19. The molecule has 1 unspecified atom stereocenters. The van der Waals surface area contributed by atoms with E-state index in [9.17, 15) is 13.2 Å². The van der Waals surface area contributed by atoms with Gasteiger partial charge in [0.1, 0.15) is 6.04 Å². The van der Waals surface area contributed by atoms with Gasteiger partial charge in [0.15, 0.2) is 0 Å². The molecule has 28 heavy (non-hydrogen) atoms. The Kier molecular flexibility index (Phi) is 5.12. The molecule has 7 heteroatoms. The largest absolute Gasteiger partial charge is 0.338 e. The van der Waals surface area contributed by atoms with Crippen molar-refractivity contribution in [3.8, 4) is 0 Å². The van der Waals surface area contributed by atoms with Crippen LogP contribution in [0.25, 0.3) is 0 Å². The standard InChI is InChI=1S/C21H25N3O3S/c1-22-13-15-23(16-14-22)21(25)20-12-11-17-7-5-6-10-19(17)24(20)28(26,27)18-8-3-2-4-9-18/h2-10,20H,11-16H2,1H3. The number of fused-ring (bicyclic) bond motifs is 1. The second kappa shape index (κ2) is 7.56. The molecule has 148 valence electrons. The molecule has 1 atom stereocenters. The Balaban J connectivity index is 1.75. The fourth-order valence-electron chi connectivity index (χ4n) is 3.98. The summed E-state index contributed by atoms with van der Waals surface area (Å²) >= 11 is 0. The van der Waals surface area contributed by atoms with Crippen molar-refractivity contribution in [1.29, 1.82) is 0 Å². The van der Waals surface area contributed by atoms with Crippen molar-refractivity contribution in [3.63, 3.8) is 0 Å². The van der Waals surface area contributed by atoms with Gasteiger partial charge in [0.2, 0.25) is 5.91 Å². The Labute approximate surface area is 166 Å². The van der Waals surface area contributed by atoms with Crippen LogP contribution in [0.3, 0.4) is 0 Å². The number of nitrogens with zero attached hydrogens (tertiary/aromatic N) is 3. The maximum absolute atomic E-state index is 13.5. The fourth-order valence-corrected chi connectivity index (χ4v) is 5.67. The summed E-state index contributed by atoms with van der Waals surface area (Å²) in [6.45, 7) is 2.88. The third kappa shape index (κ3) is 3.40. The minimum atomic E-state index is -3.84. The lowest BCUT2D eigenvalue weighted by Gasteiger charge is -2.41. The molecular formula is C21H25N3O3S. The highest BCUT2D eigenvalue weighted by Gasteiger charge is 2.41. The maximum atomic E-state index is 13.5. The van der Waals surface area contributed by atoms with Crippen LogP contribution in [0.2, 0.25) is 0 Å². The smallest absolute Gasteiger partial charge is 0.265 e. The fraction of sp³-hybridized carbons (Fsp3) is 0.381. The van der Waals surface area contributed by atoms with Gasteiger partial charge in [-0.25, -0.2) is 8.42 Å². The molecule has 2 aliphatic rings. The molecule has 0 N–H and O–H groups in total. The number of carbonyl (C=O) groups excluding carboxylic acids is 1. The van der Waals surface area contributed by atoms with Crippen LogP contribution in [0, 0.1) is 0 Å². The molecule has 2 aliphatic heterocycles. The quantitative estimate of drug-likeness (QED) is 0.792. The van der Waals surface area contributed by atoms with E-state index in [4.69, 9.17) is 0 Å². The minimum absolute atomic E-state index is 0.0953. The van der Waals surface area contributed by atoms with Crippen molar-refractivity contribution in [3.05, 3.63) is 60.2 Å². The number of para-hydroxylation sites is 1. The van der Waals surface area contributed by atoms with Gasteiger partial charge in [-0.3, -0.25) is 9.10 Å². The number of rotatable bonds is 3. The monoisotopic (exact) mass is 399 g/mol. The van der Waals surface area contributed by atoms with Crippen LogP contribution < -0.4 is 4.31 Å². The van der Waals surface area contributed by atoms with Crippen LogP contribution in [0.5, 0.6) is 0 Å². The zero-order chi connectivity index (χ0) is 19.7.